The Hall–Kier alpha value is -1.61. The molecule has 3 nitrogen and oxygen atoms in total. The normalized spacial score (nSPS) is 18.3. The van der Waals surface area contributed by atoms with E-state index in [1.54, 1.807) is 0 Å². The van der Waals surface area contributed by atoms with Crippen LogP contribution in [0.15, 0.2) is 30.3 Å². The summed E-state index contributed by atoms with van der Waals surface area (Å²) in [6.45, 7) is 11.7. The molecule has 3 rings (SSSR count). The first-order valence-electron chi connectivity index (χ1n) is 8.00. The van der Waals surface area contributed by atoms with Crippen molar-refractivity contribution in [2.75, 3.05) is 24.5 Å². The lowest BCUT2D eigenvalue weighted by Crippen LogP contribution is -2.49. The maximum atomic E-state index is 4.61. The molecule has 1 aliphatic heterocycles. The molecule has 2 aromatic rings. The van der Waals surface area contributed by atoms with Gasteiger partial charge in [-0.05, 0) is 38.1 Å². The average Bonchev–Trinajstić information content (AvgIpc) is 2.47. The molecule has 114 valence electrons. The van der Waals surface area contributed by atoms with Crippen LogP contribution in [0.5, 0.6) is 0 Å². The Morgan fingerprint density at radius 3 is 2.71 bits per heavy atom. The van der Waals surface area contributed by atoms with Crippen molar-refractivity contribution in [1.29, 1.82) is 0 Å². The minimum absolute atomic E-state index is 0.549. The molecule has 0 amide bonds. The molecule has 1 aromatic carbocycles. The Kier molecular flexibility index (Phi) is 5.57. The van der Waals surface area contributed by atoms with Gasteiger partial charge in [-0.25, -0.2) is 0 Å². The number of nitrogens with zero attached hydrogens (tertiary/aromatic N) is 2. The molecule has 3 heteroatoms. The fourth-order valence-electron chi connectivity index (χ4n) is 2.67. The average molecular weight is 285 g/mol. The van der Waals surface area contributed by atoms with Crippen LogP contribution in [0.3, 0.4) is 0 Å². The first-order chi connectivity index (χ1) is 10.2. The summed E-state index contributed by atoms with van der Waals surface area (Å²) in [5.74, 6) is 0. The van der Waals surface area contributed by atoms with Gasteiger partial charge < -0.3 is 10.2 Å². The van der Waals surface area contributed by atoms with Gasteiger partial charge in [0.2, 0.25) is 0 Å². The van der Waals surface area contributed by atoms with Crippen LogP contribution in [0.25, 0.3) is 10.9 Å². The highest BCUT2D eigenvalue weighted by Gasteiger charge is 2.17. The van der Waals surface area contributed by atoms with Crippen LogP contribution in [-0.4, -0.2) is 30.7 Å². The van der Waals surface area contributed by atoms with Gasteiger partial charge in [0, 0.05) is 42.4 Å². The van der Waals surface area contributed by atoms with Crippen molar-refractivity contribution in [3.05, 3.63) is 36.0 Å². The highest BCUT2D eigenvalue weighted by Crippen LogP contribution is 2.26. The topological polar surface area (TPSA) is 28.2 Å². The van der Waals surface area contributed by atoms with E-state index in [-0.39, 0.29) is 0 Å². The fraction of sp³-hybridized carbons (Fsp3) is 0.500. The minimum atomic E-state index is 0.549. The lowest BCUT2D eigenvalue weighted by Gasteiger charge is -2.34. The first kappa shape index (κ1) is 15.8. The summed E-state index contributed by atoms with van der Waals surface area (Å²) in [4.78, 5) is 7.07. The molecular weight excluding hydrogens is 258 g/mol. The first-order valence-corrected chi connectivity index (χ1v) is 8.00. The summed E-state index contributed by atoms with van der Waals surface area (Å²) in [6.07, 6.45) is 1.25. The van der Waals surface area contributed by atoms with Crippen molar-refractivity contribution in [2.24, 2.45) is 0 Å². The zero-order chi connectivity index (χ0) is 15.2. The molecular formula is C18H27N3. The largest absolute Gasteiger partial charge is 0.368 e. The molecule has 0 spiro atoms. The molecule has 1 aliphatic rings. The molecule has 1 aromatic heterocycles. The van der Waals surface area contributed by atoms with Crippen LogP contribution in [0, 0.1) is 6.92 Å². The van der Waals surface area contributed by atoms with E-state index < -0.39 is 0 Å². The zero-order valence-corrected chi connectivity index (χ0v) is 13.7. The zero-order valence-electron chi connectivity index (χ0n) is 13.7. The van der Waals surface area contributed by atoms with E-state index in [9.17, 15) is 0 Å². The van der Waals surface area contributed by atoms with Gasteiger partial charge in [-0.2, -0.15) is 0 Å². The van der Waals surface area contributed by atoms with Gasteiger partial charge in [-0.1, -0.05) is 26.3 Å². The van der Waals surface area contributed by atoms with Crippen molar-refractivity contribution in [3.63, 3.8) is 0 Å². The SMILES string of the molecule is CCC.Cc1ccc2c(N3CCNC(C)C3)cccc2n1. The highest BCUT2D eigenvalue weighted by molar-refractivity contribution is 5.92. The van der Waals surface area contributed by atoms with Crippen molar-refractivity contribution < 1.29 is 0 Å². The number of piperazine rings is 1. The summed E-state index contributed by atoms with van der Waals surface area (Å²) in [7, 11) is 0. The van der Waals surface area contributed by atoms with Gasteiger partial charge in [-0.3, -0.25) is 4.98 Å². The number of aromatic nitrogens is 1. The third-order valence-corrected chi connectivity index (χ3v) is 3.56. The Bertz CT molecular complexity index is 580. The van der Waals surface area contributed by atoms with E-state index in [4.69, 9.17) is 0 Å². The summed E-state index contributed by atoms with van der Waals surface area (Å²) >= 11 is 0. The highest BCUT2D eigenvalue weighted by atomic mass is 15.2. The molecule has 0 aliphatic carbocycles. The summed E-state index contributed by atoms with van der Waals surface area (Å²) in [5.41, 5.74) is 3.49. The van der Waals surface area contributed by atoms with Crippen molar-refractivity contribution in [2.45, 2.75) is 40.2 Å². The Labute approximate surface area is 128 Å². The van der Waals surface area contributed by atoms with Crippen molar-refractivity contribution >= 4 is 16.6 Å². The number of hydrogen-bond acceptors (Lipinski definition) is 3. The van der Waals surface area contributed by atoms with Crippen LogP contribution in [0.1, 0.15) is 32.9 Å². The number of pyridine rings is 1. The van der Waals surface area contributed by atoms with Crippen LogP contribution < -0.4 is 10.2 Å². The number of aryl methyl sites for hydroxylation is 1. The maximum absolute atomic E-state index is 4.61. The van der Waals surface area contributed by atoms with E-state index >= 15 is 0 Å². The molecule has 1 fully saturated rings. The van der Waals surface area contributed by atoms with Crippen molar-refractivity contribution in [3.8, 4) is 0 Å². The van der Waals surface area contributed by atoms with Crippen LogP contribution in [0.2, 0.25) is 0 Å². The number of fused-ring (bicyclic) bond motifs is 1. The lowest BCUT2D eigenvalue weighted by atomic mass is 10.1. The summed E-state index contributed by atoms with van der Waals surface area (Å²) in [6, 6.07) is 11.2. The Morgan fingerprint density at radius 2 is 2.00 bits per heavy atom. The standard InChI is InChI=1S/C15H19N3.C3H8/c1-11-6-7-13-14(17-11)4-3-5-15(13)18-9-8-16-12(2)10-18;1-3-2/h3-7,12,16H,8-10H2,1-2H3;3H2,1-2H3. The van der Waals surface area contributed by atoms with Crippen LogP contribution >= 0.6 is 0 Å². The van der Waals surface area contributed by atoms with Gasteiger partial charge in [0.25, 0.3) is 0 Å². The smallest absolute Gasteiger partial charge is 0.0726 e. The second kappa shape index (κ2) is 7.41. The summed E-state index contributed by atoms with van der Waals surface area (Å²) < 4.78 is 0. The van der Waals surface area contributed by atoms with Gasteiger partial charge >= 0.3 is 0 Å². The third kappa shape index (κ3) is 3.94. The molecule has 1 atom stereocenters. The predicted molar refractivity (Wildman–Crippen MR) is 92.1 cm³/mol. The lowest BCUT2D eigenvalue weighted by molar-refractivity contribution is 0.485. The third-order valence-electron chi connectivity index (χ3n) is 3.56. The van der Waals surface area contributed by atoms with E-state index in [1.165, 1.54) is 17.5 Å². The number of hydrogen-bond donors (Lipinski definition) is 1. The number of anilines is 1. The minimum Gasteiger partial charge on any atom is -0.368 e. The molecule has 0 saturated carbocycles. The number of rotatable bonds is 1. The Morgan fingerprint density at radius 1 is 1.24 bits per heavy atom. The second-order valence-corrected chi connectivity index (χ2v) is 5.80. The molecule has 1 unspecified atom stereocenters. The molecule has 1 saturated heterocycles. The van der Waals surface area contributed by atoms with Crippen molar-refractivity contribution in [1.82, 2.24) is 10.3 Å². The molecule has 2 heterocycles. The Balaban J connectivity index is 0.000000497. The van der Waals surface area contributed by atoms with E-state index in [0.29, 0.717) is 6.04 Å². The fourth-order valence-corrected chi connectivity index (χ4v) is 2.67. The van der Waals surface area contributed by atoms with Gasteiger partial charge in [0.15, 0.2) is 0 Å². The maximum Gasteiger partial charge on any atom is 0.0726 e. The molecule has 0 bridgehead atoms. The predicted octanol–water partition coefficient (Wildman–Crippen LogP) is 3.76. The second-order valence-electron chi connectivity index (χ2n) is 5.80. The quantitative estimate of drug-likeness (QED) is 0.864. The van der Waals surface area contributed by atoms with E-state index in [1.807, 2.05) is 6.92 Å². The number of nitrogens with one attached hydrogen (secondary N) is 1. The molecule has 1 N–H and O–H groups in total. The van der Waals surface area contributed by atoms with Gasteiger partial charge in [-0.15, -0.1) is 0 Å². The van der Waals surface area contributed by atoms with E-state index in [0.717, 1.165) is 30.8 Å². The van der Waals surface area contributed by atoms with Crippen LogP contribution in [-0.2, 0) is 0 Å². The van der Waals surface area contributed by atoms with Gasteiger partial charge in [0.1, 0.15) is 0 Å². The monoisotopic (exact) mass is 285 g/mol. The summed E-state index contributed by atoms with van der Waals surface area (Å²) in [5, 5.41) is 4.74. The molecule has 0 radical (unpaired) electrons. The van der Waals surface area contributed by atoms with Crippen LogP contribution in [0.4, 0.5) is 5.69 Å². The van der Waals surface area contributed by atoms with Gasteiger partial charge in [0.05, 0.1) is 5.52 Å². The number of benzene rings is 1. The molecule has 21 heavy (non-hydrogen) atoms. The van der Waals surface area contributed by atoms with E-state index in [2.05, 4.69) is 66.3 Å².